The molecule has 0 atom stereocenters. The van der Waals surface area contributed by atoms with Crippen molar-refractivity contribution in [2.45, 2.75) is 19.4 Å². The molecule has 0 fully saturated rings. The van der Waals surface area contributed by atoms with Crippen molar-refractivity contribution in [2.24, 2.45) is 5.73 Å². The summed E-state index contributed by atoms with van der Waals surface area (Å²) >= 11 is 2.94. The molecule has 1 rings (SSSR count). The molecule has 1 aromatic rings. The summed E-state index contributed by atoms with van der Waals surface area (Å²) in [6.45, 7) is 3.41. The van der Waals surface area contributed by atoms with Crippen LogP contribution in [0, 0.1) is 5.82 Å². The highest BCUT2D eigenvalue weighted by atomic mass is 79.9. The number of rotatable bonds is 1. The second-order valence-corrected chi connectivity index (χ2v) is 4.27. The Morgan fingerprint density at radius 2 is 2.00 bits per heavy atom. The maximum Gasteiger partial charge on any atom is 0.146 e. The Morgan fingerprint density at radius 3 is 2.46 bits per heavy atom. The summed E-state index contributed by atoms with van der Waals surface area (Å²) in [6, 6.07) is 2.90. The van der Waals surface area contributed by atoms with Crippen LogP contribution in [-0.4, -0.2) is 5.11 Å². The molecule has 1 aromatic carbocycles. The lowest BCUT2D eigenvalue weighted by Crippen LogP contribution is -2.29. The molecule has 0 amide bonds. The highest BCUT2D eigenvalue weighted by molar-refractivity contribution is 9.10. The molecule has 0 aromatic heterocycles. The lowest BCUT2D eigenvalue weighted by atomic mass is 9.95. The van der Waals surface area contributed by atoms with Gasteiger partial charge in [-0.15, -0.1) is 0 Å². The Balaban J connectivity index is 3.35. The standard InChI is InChI=1S/C9H11BrFNO/c1-9(2,12)5-3-4-6(13)7(10)8(5)11/h3-4,13H,12H2,1-2H3. The molecule has 0 heterocycles. The van der Waals surface area contributed by atoms with Crippen molar-refractivity contribution in [1.29, 1.82) is 0 Å². The molecule has 0 saturated heterocycles. The molecular weight excluding hydrogens is 237 g/mol. The van der Waals surface area contributed by atoms with E-state index >= 15 is 0 Å². The second-order valence-electron chi connectivity index (χ2n) is 3.48. The number of hydrogen-bond acceptors (Lipinski definition) is 2. The van der Waals surface area contributed by atoms with Crippen LogP contribution in [-0.2, 0) is 5.54 Å². The van der Waals surface area contributed by atoms with Crippen LogP contribution < -0.4 is 5.73 Å². The van der Waals surface area contributed by atoms with Crippen LogP contribution in [0.3, 0.4) is 0 Å². The molecule has 13 heavy (non-hydrogen) atoms. The molecule has 72 valence electrons. The normalized spacial score (nSPS) is 11.8. The predicted molar refractivity (Wildman–Crippen MR) is 53.0 cm³/mol. The summed E-state index contributed by atoms with van der Waals surface area (Å²) in [5.41, 5.74) is 5.36. The van der Waals surface area contributed by atoms with Crippen LogP contribution in [0.15, 0.2) is 16.6 Å². The van der Waals surface area contributed by atoms with Gasteiger partial charge in [-0.2, -0.15) is 0 Å². The van der Waals surface area contributed by atoms with E-state index in [1.165, 1.54) is 12.1 Å². The summed E-state index contributed by atoms with van der Waals surface area (Å²) in [4.78, 5) is 0. The molecule has 0 aliphatic carbocycles. The van der Waals surface area contributed by atoms with Gasteiger partial charge in [-0.25, -0.2) is 4.39 Å². The molecule has 0 bridgehead atoms. The maximum absolute atomic E-state index is 13.5. The van der Waals surface area contributed by atoms with Crippen molar-refractivity contribution in [3.05, 3.63) is 28.0 Å². The Hall–Kier alpha value is -0.610. The van der Waals surface area contributed by atoms with Gasteiger partial charge in [0.05, 0.1) is 4.47 Å². The third-order valence-corrected chi connectivity index (χ3v) is 2.51. The van der Waals surface area contributed by atoms with Crippen LogP contribution in [0.25, 0.3) is 0 Å². The molecule has 0 spiro atoms. The Morgan fingerprint density at radius 1 is 1.46 bits per heavy atom. The Kier molecular flexibility index (Phi) is 2.63. The zero-order valence-corrected chi connectivity index (χ0v) is 9.02. The molecule has 0 unspecified atom stereocenters. The van der Waals surface area contributed by atoms with Gasteiger partial charge in [0.15, 0.2) is 0 Å². The third kappa shape index (κ3) is 2.00. The van der Waals surface area contributed by atoms with Gasteiger partial charge in [0, 0.05) is 11.1 Å². The quantitative estimate of drug-likeness (QED) is 0.801. The van der Waals surface area contributed by atoms with E-state index in [0.29, 0.717) is 5.56 Å². The van der Waals surface area contributed by atoms with Crippen LogP contribution in [0.4, 0.5) is 4.39 Å². The largest absolute Gasteiger partial charge is 0.507 e. The summed E-state index contributed by atoms with van der Waals surface area (Å²) in [5, 5.41) is 9.16. The highest BCUT2D eigenvalue weighted by Gasteiger charge is 2.21. The minimum absolute atomic E-state index is 0.0588. The topological polar surface area (TPSA) is 46.2 Å². The zero-order valence-electron chi connectivity index (χ0n) is 7.44. The van der Waals surface area contributed by atoms with Gasteiger partial charge >= 0.3 is 0 Å². The minimum atomic E-state index is -0.750. The fraction of sp³-hybridized carbons (Fsp3) is 0.333. The van der Waals surface area contributed by atoms with E-state index in [1.807, 2.05) is 0 Å². The first-order valence-corrected chi connectivity index (χ1v) is 4.59. The smallest absolute Gasteiger partial charge is 0.146 e. The predicted octanol–water partition coefficient (Wildman–Crippen LogP) is 2.49. The van der Waals surface area contributed by atoms with Gasteiger partial charge in [-0.05, 0) is 35.8 Å². The highest BCUT2D eigenvalue weighted by Crippen LogP contribution is 2.32. The van der Waals surface area contributed by atoms with E-state index in [0.717, 1.165) is 0 Å². The van der Waals surface area contributed by atoms with E-state index in [4.69, 9.17) is 10.8 Å². The number of phenols is 1. The van der Waals surface area contributed by atoms with Crippen LogP contribution in [0.1, 0.15) is 19.4 Å². The van der Waals surface area contributed by atoms with Crippen molar-refractivity contribution in [3.8, 4) is 5.75 Å². The van der Waals surface area contributed by atoms with Crippen molar-refractivity contribution < 1.29 is 9.50 Å². The first kappa shape index (κ1) is 10.5. The molecule has 3 N–H and O–H groups in total. The van der Waals surface area contributed by atoms with Gasteiger partial charge in [0.25, 0.3) is 0 Å². The fourth-order valence-electron chi connectivity index (χ4n) is 1.04. The minimum Gasteiger partial charge on any atom is -0.507 e. The molecule has 0 aliphatic rings. The summed E-state index contributed by atoms with van der Waals surface area (Å²) in [7, 11) is 0. The second kappa shape index (κ2) is 3.27. The number of nitrogens with two attached hydrogens (primary N) is 1. The van der Waals surface area contributed by atoms with E-state index in [-0.39, 0.29) is 10.2 Å². The number of benzene rings is 1. The molecular formula is C9H11BrFNO. The number of phenolic OH excluding ortho intramolecular Hbond substituents is 1. The molecule has 0 aliphatic heterocycles. The zero-order chi connectivity index (χ0) is 10.2. The van der Waals surface area contributed by atoms with Gasteiger partial charge in [0.2, 0.25) is 0 Å². The Labute approximate surface area is 84.7 Å². The van der Waals surface area contributed by atoms with E-state index < -0.39 is 11.4 Å². The van der Waals surface area contributed by atoms with Crippen LogP contribution in [0.2, 0.25) is 0 Å². The van der Waals surface area contributed by atoms with Gasteiger partial charge in [-0.3, -0.25) is 0 Å². The molecule has 2 nitrogen and oxygen atoms in total. The number of hydrogen-bond donors (Lipinski definition) is 2. The molecule has 4 heteroatoms. The Bertz CT molecular complexity index is 333. The van der Waals surface area contributed by atoms with E-state index in [9.17, 15) is 4.39 Å². The number of aromatic hydroxyl groups is 1. The van der Waals surface area contributed by atoms with Gasteiger partial charge in [0.1, 0.15) is 11.6 Å². The monoisotopic (exact) mass is 247 g/mol. The fourth-order valence-corrected chi connectivity index (χ4v) is 1.38. The lowest BCUT2D eigenvalue weighted by molar-refractivity contribution is 0.452. The number of halogens is 2. The van der Waals surface area contributed by atoms with E-state index in [1.54, 1.807) is 13.8 Å². The van der Waals surface area contributed by atoms with Crippen LogP contribution >= 0.6 is 15.9 Å². The van der Waals surface area contributed by atoms with Crippen LogP contribution in [0.5, 0.6) is 5.75 Å². The summed E-state index contributed by atoms with van der Waals surface area (Å²) in [5.74, 6) is -0.627. The van der Waals surface area contributed by atoms with Crippen molar-refractivity contribution in [3.63, 3.8) is 0 Å². The maximum atomic E-state index is 13.5. The van der Waals surface area contributed by atoms with Gasteiger partial charge in [-0.1, -0.05) is 6.07 Å². The van der Waals surface area contributed by atoms with Crippen molar-refractivity contribution >= 4 is 15.9 Å². The SMILES string of the molecule is CC(C)(N)c1ccc(O)c(Br)c1F. The lowest BCUT2D eigenvalue weighted by Gasteiger charge is -2.20. The third-order valence-electron chi connectivity index (χ3n) is 1.76. The van der Waals surface area contributed by atoms with Crippen molar-refractivity contribution in [1.82, 2.24) is 0 Å². The molecule has 0 saturated carbocycles. The van der Waals surface area contributed by atoms with Crippen molar-refractivity contribution in [2.75, 3.05) is 0 Å². The summed E-state index contributed by atoms with van der Waals surface area (Å²) in [6.07, 6.45) is 0. The first-order chi connectivity index (χ1) is 5.84. The average molecular weight is 248 g/mol. The molecule has 0 radical (unpaired) electrons. The van der Waals surface area contributed by atoms with Gasteiger partial charge < -0.3 is 10.8 Å². The first-order valence-electron chi connectivity index (χ1n) is 3.80. The average Bonchev–Trinajstić information content (AvgIpc) is 1.98. The summed E-state index contributed by atoms with van der Waals surface area (Å²) < 4.78 is 13.5. The van der Waals surface area contributed by atoms with E-state index in [2.05, 4.69) is 15.9 Å².